The van der Waals surface area contributed by atoms with E-state index in [0.717, 1.165) is 37.4 Å². The maximum absolute atomic E-state index is 5.49. The second-order valence-corrected chi connectivity index (χ2v) is 7.49. The molecule has 2 aromatic carbocycles. The second kappa shape index (κ2) is 7.92. The van der Waals surface area contributed by atoms with Crippen molar-refractivity contribution in [2.24, 2.45) is 0 Å². The summed E-state index contributed by atoms with van der Waals surface area (Å²) in [5, 5.41) is 9.90. The molecule has 5 heteroatoms. The molecular weight excluding hydrogens is 352 g/mol. The van der Waals surface area contributed by atoms with Crippen LogP contribution in [0.25, 0.3) is 10.8 Å². The van der Waals surface area contributed by atoms with Crippen LogP contribution in [0.2, 0.25) is 0 Å². The molecule has 0 aliphatic carbocycles. The molecule has 4 rings (SSSR count). The van der Waals surface area contributed by atoms with Gasteiger partial charge < -0.3 is 15.5 Å². The molecule has 2 heterocycles. The van der Waals surface area contributed by atoms with Crippen molar-refractivity contribution in [2.75, 3.05) is 23.3 Å². The van der Waals surface area contributed by atoms with Gasteiger partial charge in [-0.1, -0.05) is 42.0 Å². The van der Waals surface area contributed by atoms with Gasteiger partial charge in [0.15, 0.2) is 5.11 Å². The number of nitrogens with zero attached hydrogens (tertiary/aromatic N) is 2. The molecule has 0 saturated carbocycles. The standard InChI is InChI=1S/C22H24N4S/c1-16-6-8-18(9-7-16)24-22(27)25-19-11-14-26(15-12-19)21-20-5-3-2-4-17(20)10-13-23-21/h2-10,13,19H,11-12,14-15H2,1H3,(H2,24,25,27). The largest absolute Gasteiger partial charge is 0.360 e. The zero-order valence-electron chi connectivity index (χ0n) is 15.5. The van der Waals surface area contributed by atoms with Crippen molar-refractivity contribution in [1.29, 1.82) is 0 Å². The highest BCUT2D eigenvalue weighted by Crippen LogP contribution is 2.26. The quantitative estimate of drug-likeness (QED) is 0.659. The monoisotopic (exact) mass is 376 g/mol. The summed E-state index contributed by atoms with van der Waals surface area (Å²) in [7, 11) is 0. The van der Waals surface area contributed by atoms with E-state index in [9.17, 15) is 0 Å². The number of aryl methyl sites for hydroxylation is 1. The molecule has 27 heavy (non-hydrogen) atoms. The van der Waals surface area contributed by atoms with Crippen LogP contribution >= 0.6 is 12.2 Å². The summed E-state index contributed by atoms with van der Waals surface area (Å²) in [5.41, 5.74) is 2.27. The molecule has 1 aliphatic heterocycles. The maximum atomic E-state index is 5.49. The number of hydrogen-bond acceptors (Lipinski definition) is 3. The van der Waals surface area contributed by atoms with Crippen molar-refractivity contribution in [2.45, 2.75) is 25.8 Å². The topological polar surface area (TPSA) is 40.2 Å². The third-order valence-corrected chi connectivity index (χ3v) is 5.31. The van der Waals surface area contributed by atoms with Crippen LogP contribution in [-0.4, -0.2) is 29.2 Å². The first-order chi connectivity index (χ1) is 13.2. The van der Waals surface area contributed by atoms with E-state index in [2.05, 4.69) is 82.0 Å². The van der Waals surface area contributed by atoms with Crippen LogP contribution in [0.15, 0.2) is 60.8 Å². The molecule has 0 unspecified atom stereocenters. The molecule has 1 fully saturated rings. The van der Waals surface area contributed by atoms with Crippen LogP contribution in [0, 0.1) is 6.92 Å². The first-order valence-corrected chi connectivity index (χ1v) is 9.83. The van der Waals surface area contributed by atoms with Crippen molar-refractivity contribution < 1.29 is 0 Å². The summed E-state index contributed by atoms with van der Waals surface area (Å²) in [6.07, 6.45) is 3.99. The van der Waals surface area contributed by atoms with Gasteiger partial charge in [-0.25, -0.2) is 4.98 Å². The lowest BCUT2D eigenvalue weighted by atomic mass is 10.0. The number of thiocarbonyl (C=S) groups is 1. The minimum Gasteiger partial charge on any atom is -0.360 e. The molecule has 1 aromatic heterocycles. The third-order valence-electron chi connectivity index (χ3n) is 5.09. The minimum absolute atomic E-state index is 0.390. The molecule has 1 saturated heterocycles. The van der Waals surface area contributed by atoms with Crippen molar-refractivity contribution in [3.8, 4) is 0 Å². The first kappa shape index (κ1) is 17.7. The van der Waals surface area contributed by atoms with E-state index >= 15 is 0 Å². The molecule has 0 atom stereocenters. The number of benzene rings is 2. The van der Waals surface area contributed by atoms with E-state index in [-0.39, 0.29) is 0 Å². The van der Waals surface area contributed by atoms with Gasteiger partial charge in [-0.2, -0.15) is 0 Å². The van der Waals surface area contributed by atoms with E-state index in [1.807, 2.05) is 6.20 Å². The fraction of sp³-hybridized carbons (Fsp3) is 0.273. The van der Waals surface area contributed by atoms with Gasteiger partial charge in [-0.05, 0) is 55.6 Å². The van der Waals surface area contributed by atoms with Crippen LogP contribution < -0.4 is 15.5 Å². The number of aromatic nitrogens is 1. The third kappa shape index (κ3) is 4.19. The Labute approximate surface area is 165 Å². The number of fused-ring (bicyclic) bond motifs is 1. The van der Waals surface area contributed by atoms with Crippen LogP contribution in [0.3, 0.4) is 0 Å². The lowest BCUT2D eigenvalue weighted by Gasteiger charge is -2.34. The fourth-order valence-corrected chi connectivity index (χ4v) is 3.87. The first-order valence-electron chi connectivity index (χ1n) is 9.42. The number of nitrogens with one attached hydrogen (secondary N) is 2. The average molecular weight is 377 g/mol. The van der Waals surface area contributed by atoms with Gasteiger partial charge >= 0.3 is 0 Å². The summed E-state index contributed by atoms with van der Waals surface area (Å²) < 4.78 is 0. The Morgan fingerprint density at radius 3 is 2.56 bits per heavy atom. The van der Waals surface area contributed by atoms with Crippen LogP contribution in [-0.2, 0) is 0 Å². The van der Waals surface area contributed by atoms with Gasteiger partial charge in [-0.3, -0.25) is 0 Å². The summed E-state index contributed by atoms with van der Waals surface area (Å²) in [6, 6.07) is 19.2. The molecule has 0 spiro atoms. The van der Waals surface area contributed by atoms with Gasteiger partial charge in [0.2, 0.25) is 0 Å². The van der Waals surface area contributed by atoms with E-state index < -0.39 is 0 Å². The summed E-state index contributed by atoms with van der Waals surface area (Å²) in [6.45, 7) is 4.04. The smallest absolute Gasteiger partial charge is 0.170 e. The fourth-order valence-electron chi connectivity index (χ4n) is 3.58. The van der Waals surface area contributed by atoms with E-state index in [0.29, 0.717) is 11.2 Å². The SMILES string of the molecule is Cc1ccc(NC(=S)NC2CCN(c3nccc4ccccc34)CC2)cc1. The summed E-state index contributed by atoms with van der Waals surface area (Å²) in [4.78, 5) is 7.03. The normalized spacial score (nSPS) is 14.9. The predicted octanol–water partition coefficient (Wildman–Crippen LogP) is 4.50. The highest BCUT2D eigenvalue weighted by Gasteiger charge is 2.21. The van der Waals surface area contributed by atoms with E-state index in [1.54, 1.807) is 0 Å². The van der Waals surface area contributed by atoms with Crippen LogP contribution in [0.1, 0.15) is 18.4 Å². The molecule has 138 valence electrons. The Kier molecular flexibility index (Phi) is 5.21. The molecule has 4 nitrogen and oxygen atoms in total. The van der Waals surface area contributed by atoms with Gasteiger partial charge in [-0.15, -0.1) is 0 Å². The molecule has 0 radical (unpaired) electrons. The highest BCUT2D eigenvalue weighted by atomic mass is 32.1. The minimum atomic E-state index is 0.390. The van der Waals surface area contributed by atoms with Crippen LogP contribution in [0.4, 0.5) is 11.5 Å². The van der Waals surface area contributed by atoms with Crippen LogP contribution in [0.5, 0.6) is 0 Å². The molecule has 0 amide bonds. The predicted molar refractivity (Wildman–Crippen MR) is 118 cm³/mol. The average Bonchev–Trinajstić information content (AvgIpc) is 2.70. The number of hydrogen-bond donors (Lipinski definition) is 2. The second-order valence-electron chi connectivity index (χ2n) is 7.08. The number of pyridine rings is 1. The van der Waals surface area contributed by atoms with E-state index in [1.165, 1.54) is 16.3 Å². The lowest BCUT2D eigenvalue weighted by Crippen LogP contribution is -2.46. The number of piperidine rings is 1. The lowest BCUT2D eigenvalue weighted by molar-refractivity contribution is 0.467. The van der Waals surface area contributed by atoms with Gasteiger partial charge in [0.1, 0.15) is 5.82 Å². The van der Waals surface area contributed by atoms with E-state index in [4.69, 9.17) is 12.2 Å². The van der Waals surface area contributed by atoms with Crippen molar-refractivity contribution in [1.82, 2.24) is 10.3 Å². The number of anilines is 2. The number of rotatable bonds is 3. The van der Waals surface area contributed by atoms with Crippen molar-refractivity contribution in [3.05, 3.63) is 66.4 Å². The Hall–Kier alpha value is -2.66. The zero-order valence-corrected chi connectivity index (χ0v) is 16.3. The molecular formula is C22H24N4S. The molecule has 3 aromatic rings. The molecule has 1 aliphatic rings. The molecule has 0 bridgehead atoms. The van der Waals surface area contributed by atoms with Gasteiger partial charge in [0.25, 0.3) is 0 Å². The van der Waals surface area contributed by atoms with Gasteiger partial charge in [0.05, 0.1) is 0 Å². The molecule has 2 N–H and O–H groups in total. The van der Waals surface area contributed by atoms with Crippen molar-refractivity contribution in [3.63, 3.8) is 0 Å². The highest BCUT2D eigenvalue weighted by molar-refractivity contribution is 7.80. The van der Waals surface area contributed by atoms with Crippen molar-refractivity contribution >= 4 is 39.6 Å². The Bertz CT molecular complexity index is 925. The Morgan fingerprint density at radius 2 is 1.78 bits per heavy atom. The Balaban J connectivity index is 1.34. The maximum Gasteiger partial charge on any atom is 0.170 e. The summed E-state index contributed by atoms with van der Waals surface area (Å²) >= 11 is 5.49. The summed E-state index contributed by atoms with van der Waals surface area (Å²) in [5.74, 6) is 1.09. The Morgan fingerprint density at radius 1 is 1.04 bits per heavy atom. The van der Waals surface area contributed by atoms with Gasteiger partial charge in [0, 0.05) is 36.4 Å². The zero-order chi connectivity index (χ0) is 18.6.